The summed E-state index contributed by atoms with van der Waals surface area (Å²) in [5.74, 6) is 1.18. The molecule has 0 spiro atoms. The van der Waals surface area contributed by atoms with Gasteiger partial charge < -0.3 is 4.74 Å². The smallest absolute Gasteiger partial charge is 0.0488 e. The lowest BCUT2D eigenvalue weighted by molar-refractivity contribution is 0.105. The highest BCUT2D eigenvalue weighted by molar-refractivity contribution is 9.09. The summed E-state index contributed by atoms with van der Waals surface area (Å²) in [6.45, 7) is 8.20. The Balaban J connectivity index is 2.40. The van der Waals surface area contributed by atoms with Crippen LogP contribution in [-0.2, 0) is 4.74 Å². The molecule has 0 aromatic heterocycles. The maximum Gasteiger partial charge on any atom is 0.0488 e. The molecule has 17 heavy (non-hydrogen) atoms. The summed E-state index contributed by atoms with van der Waals surface area (Å²) in [6.07, 6.45) is 1.08. The standard InChI is InChI=1S/C15H23BrO/c1-12(2)11-17-9-8-15(10-16)14-6-4-13(3)5-7-14/h4-7,12,15H,8-11H2,1-3H3. The van der Waals surface area contributed by atoms with E-state index < -0.39 is 0 Å². The van der Waals surface area contributed by atoms with Crippen LogP contribution in [0, 0.1) is 12.8 Å². The number of alkyl halides is 1. The Kier molecular flexibility index (Phi) is 6.83. The first-order valence-electron chi connectivity index (χ1n) is 6.33. The summed E-state index contributed by atoms with van der Waals surface area (Å²) in [5.41, 5.74) is 2.72. The van der Waals surface area contributed by atoms with Crippen LogP contribution in [0.3, 0.4) is 0 Å². The van der Waals surface area contributed by atoms with Crippen molar-refractivity contribution >= 4 is 15.9 Å². The molecule has 0 saturated carbocycles. The molecule has 0 saturated heterocycles. The van der Waals surface area contributed by atoms with Crippen LogP contribution in [0.4, 0.5) is 0 Å². The molecule has 0 aliphatic heterocycles. The first-order valence-corrected chi connectivity index (χ1v) is 7.46. The largest absolute Gasteiger partial charge is 0.381 e. The molecule has 0 bridgehead atoms. The zero-order valence-corrected chi connectivity index (χ0v) is 12.7. The lowest BCUT2D eigenvalue weighted by Gasteiger charge is -2.15. The number of hydrogen-bond acceptors (Lipinski definition) is 1. The van der Waals surface area contributed by atoms with E-state index >= 15 is 0 Å². The van der Waals surface area contributed by atoms with Crippen molar-refractivity contribution in [2.45, 2.75) is 33.1 Å². The van der Waals surface area contributed by atoms with Gasteiger partial charge in [-0.3, -0.25) is 0 Å². The molecule has 1 aromatic rings. The van der Waals surface area contributed by atoms with Crippen LogP contribution in [0.1, 0.15) is 37.3 Å². The molecule has 0 fully saturated rings. The maximum absolute atomic E-state index is 5.65. The van der Waals surface area contributed by atoms with Crippen LogP contribution in [0.25, 0.3) is 0 Å². The number of aryl methyl sites for hydroxylation is 1. The summed E-state index contributed by atoms with van der Waals surface area (Å²) < 4.78 is 5.65. The summed E-state index contributed by atoms with van der Waals surface area (Å²) in [6, 6.07) is 8.81. The SMILES string of the molecule is Cc1ccc(C(CBr)CCOCC(C)C)cc1. The lowest BCUT2D eigenvalue weighted by atomic mass is 9.97. The van der Waals surface area contributed by atoms with E-state index in [0.29, 0.717) is 11.8 Å². The van der Waals surface area contributed by atoms with E-state index in [-0.39, 0.29) is 0 Å². The van der Waals surface area contributed by atoms with Crippen molar-refractivity contribution in [2.24, 2.45) is 5.92 Å². The Morgan fingerprint density at radius 3 is 2.35 bits per heavy atom. The van der Waals surface area contributed by atoms with Gasteiger partial charge in [-0.1, -0.05) is 59.6 Å². The second-order valence-corrected chi connectivity index (χ2v) is 5.67. The van der Waals surface area contributed by atoms with Crippen molar-refractivity contribution in [3.8, 4) is 0 Å². The summed E-state index contributed by atoms with van der Waals surface area (Å²) in [7, 11) is 0. The Labute approximate surface area is 114 Å². The van der Waals surface area contributed by atoms with Gasteiger partial charge in [0, 0.05) is 18.5 Å². The van der Waals surface area contributed by atoms with Crippen LogP contribution >= 0.6 is 15.9 Å². The van der Waals surface area contributed by atoms with E-state index in [2.05, 4.69) is 61.0 Å². The van der Waals surface area contributed by atoms with Gasteiger partial charge in [-0.05, 0) is 30.7 Å². The van der Waals surface area contributed by atoms with Gasteiger partial charge in [0.1, 0.15) is 0 Å². The minimum atomic E-state index is 0.558. The highest BCUT2D eigenvalue weighted by atomic mass is 79.9. The minimum Gasteiger partial charge on any atom is -0.381 e. The molecule has 1 unspecified atom stereocenters. The van der Waals surface area contributed by atoms with E-state index in [0.717, 1.165) is 25.0 Å². The Morgan fingerprint density at radius 2 is 1.82 bits per heavy atom. The van der Waals surface area contributed by atoms with E-state index in [1.54, 1.807) is 0 Å². The summed E-state index contributed by atoms with van der Waals surface area (Å²) >= 11 is 3.60. The normalized spacial score (nSPS) is 13.0. The van der Waals surface area contributed by atoms with Gasteiger partial charge in [0.25, 0.3) is 0 Å². The van der Waals surface area contributed by atoms with Crippen LogP contribution in [0.2, 0.25) is 0 Å². The van der Waals surface area contributed by atoms with Crippen molar-refractivity contribution in [1.29, 1.82) is 0 Å². The summed E-state index contributed by atoms with van der Waals surface area (Å²) in [4.78, 5) is 0. The predicted octanol–water partition coefficient (Wildman–Crippen LogP) is 4.54. The third-order valence-electron chi connectivity index (χ3n) is 2.80. The van der Waals surface area contributed by atoms with Crippen molar-refractivity contribution in [3.63, 3.8) is 0 Å². The highest BCUT2D eigenvalue weighted by Gasteiger charge is 2.09. The highest BCUT2D eigenvalue weighted by Crippen LogP contribution is 2.22. The zero-order valence-electron chi connectivity index (χ0n) is 11.1. The Hall–Kier alpha value is -0.340. The van der Waals surface area contributed by atoms with Gasteiger partial charge in [0.15, 0.2) is 0 Å². The van der Waals surface area contributed by atoms with Crippen molar-refractivity contribution in [1.82, 2.24) is 0 Å². The van der Waals surface area contributed by atoms with Crippen LogP contribution < -0.4 is 0 Å². The number of rotatable bonds is 7. The van der Waals surface area contributed by atoms with Crippen LogP contribution in [0.15, 0.2) is 24.3 Å². The van der Waals surface area contributed by atoms with E-state index in [1.165, 1.54) is 11.1 Å². The molecular formula is C15H23BrO. The molecule has 1 aromatic carbocycles. The second kappa shape index (κ2) is 7.88. The van der Waals surface area contributed by atoms with Gasteiger partial charge in [-0.2, -0.15) is 0 Å². The number of halogens is 1. The molecule has 1 atom stereocenters. The average molecular weight is 299 g/mol. The van der Waals surface area contributed by atoms with E-state index in [9.17, 15) is 0 Å². The molecule has 0 heterocycles. The Morgan fingerprint density at radius 1 is 1.18 bits per heavy atom. The Bertz CT molecular complexity index is 305. The fourth-order valence-electron chi connectivity index (χ4n) is 1.72. The van der Waals surface area contributed by atoms with Crippen molar-refractivity contribution in [3.05, 3.63) is 35.4 Å². The third kappa shape index (κ3) is 5.69. The predicted molar refractivity (Wildman–Crippen MR) is 78.0 cm³/mol. The van der Waals surface area contributed by atoms with Gasteiger partial charge in [-0.25, -0.2) is 0 Å². The number of benzene rings is 1. The van der Waals surface area contributed by atoms with E-state index in [4.69, 9.17) is 4.74 Å². The zero-order chi connectivity index (χ0) is 12.7. The first-order chi connectivity index (χ1) is 8.13. The molecule has 0 amide bonds. The molecule has 1 nitrogen and oxygen atoms in total. The fraction of sp³-hybridized carbons (Fsp3) is 0.600. The number of hydrogen-bond donors (Lipinski definition) is 0. The molecule has 1 rings (SSSR count). The van der Waals surface area contributed by atoms with Gasteiger partial charge in [0.05, 0.1) is 0 Å². The van der Waals surface area contributed by atoms with Gasteiger partial charge in [0.2, 0.25) is 0 Å². The van der Waals surface area contributed by atoms with Crippen molar-refractivity contribution < 1.29 is 4.74 Å². The van der Waals surface area contributed by atoms with Gasteiger partial charge >= 0.3 is 0 Å². The topological polar surface area (TPSA) is 9.23 Å². The molecular weight excluding hydrogens is 276 g/mol. The third-order valence-corrected chi connectivity index (χ3v) is 3.58. The second-order valence-electron chi connectivity index (χ2n) is 5.02. The molecule has 0 radical (unpaired) electrons. The minimum absolute atomic E-state index is 0.558. The first kappa shape index (κ1) is 14.7. The number of ether oxygens (including phenoxy) is 1. The maximum atomic E-state index is 5.65. The molecule has 96 valence electrons. The molecule has 0 N–H and O–H groups in total. The molecule has 0 aliphatic rings. The quantitative estimate of drug-likeness (QED) is 0.530. The molecule has 2 heteroatoms. The monoisotopic (exact) mass is 298 g/mol. The van der Waals surface area contributed by atoms with Crippen LogP contribution in [-0.4, -0.2) is 18.5 Å². The molecule has 0 aliphatic carbocycles. The summed E-state index contributed by atoms with van der Waals surface area (Å²) in [5, 5.41) is 1.00. The lowest BCUT2D eigenvalue weighted by Crippen LogP contribution is -2.08. The fourth-order valence-corrected chi connectivity index (χ4v) is 2.41. The van der Waals surface area contributed by atoms with Gasteiger partial charge in [-0.15, -0.1) is 0 Å². The average Bonchev–Trinajstić information content (AvgIpc) is 2.30. The van der Waals surface area contributed by atoms with Crippen LogP contribution in [0.5, 0.6) is 0 Å². The van der Waals surface area contributed by atoms with E-state index in [1.807, 2.05) is 0 Å². The van der Waals surface area contributed by atoms with Crippen molar-refractivity contribution in [2.75, 3.05) is 18.5 Å².